The van der Waals surface area contributed by atoms with Gasteiger partial charge in [-0.2, -0.15) is 0 Å². The van der Waals surface area contributed by atoms with E-state index in [-0.39, 0.29) is 0 Å². The number of carbonyl (C=O) groups is 1. The molecular weight excluding hydrogens is 218 g/mol. The highest BCUT2D eigenvalue weighted by molar-refractivity contribution is 6.30. The Balaban J connectivity index is 2.89. The molecule has 0 aliphatic heterocycles. The predicted octanol–water partition coefficient (Wildman–Crippen LogP) is 2.37. The summed E-state index contributed by atoms with van der Waals surface area (Å²) < 4.78 is 5.35. The summed E-state index contributed by atoms with van der Waals surface area (Å²) in [4.78, 5) is 14.8. The van der Waals surface area contributed by atoms with E-state index in [9.17, 15) is 4.79 Å². The van der Waals surface area contributed by atoms with Gasteiger partial charge < -0.3 is 9.84 Å². The number of ether oxygens (including phenoxy) is 1. The van der Waals surface area contributed by atoms with Gasteiger partial charge in [0.15, 0.2) is 0 Å². The first-order valence-electron chi connectivity index (χ1n) is 4.51. The van der Waals surface area contributed by atoms with Crippen LogP contribution in [0.15, 0.2) is 18.5 Å². The molecule has 1 aromatic rings. The number of rotatable bonds is 4. The lowest BCUT2D eigenvalue weighted by atomic mass is 10.0. The highest BCUT2D eigenvalue weighted by atomic mass is 35.5. The second-order valence-electron chi connectivity index (χ2n) is 3.33. The van der Waals surface area contributed by atoms with Crippen molar-refractivity contribution in [2.24, 2.45) is 0 Å². The predicted molar refractivity (Wildman–Crippen MR) is 56.2 cm³/mol. The molecule has 82 valence electrons. The first-order chi connectivity index (χ1) is 6.98. The molecule has 1 atom stereocenters. The van der Waals surface area contributed by atoms with Crippen LogP contribution in [0.4, 0.5) is 0 Å². The smallest absolute Gasteiger partial charge is 0.347 e. The van der Waals surface area contributed by atoms with Crippen molar-refractivity contribution in [1.29, 1.82) is 0 Å². The Morgan fingerprint density at radius 3 is 2.80 bits per heavy atom. The Morgan fingerprint density at radius 1 is 1.67 bits per heavy atom. The number of nitrogens with zero attached hydrogens (tertiary/aromatic N) is 1. The molecule has 0 fully saturated rings. The maximum atomic E-state index is 11.0. The topological polar surface area (TPSA) is 59.4 Å². The quantitative estimate of drug-likeness (QED) is 0.861. The van der Waals surface area contributed by atoms with Crippen LogP contribution in [0.5, 0.6) is 5.75 Å². The summed E-state index contributed by atoms with van der Waals surface area (Å²) >= 11 is 5.71. The number of pyridine rings is 1. The number of aliphatic carboxylic acids is 1. The van der Waals surface area contributed by atoms with Crippen molar-refractivity contribution in [2.45, 2.75) is 25.9 Å². The maximum Gasteiger partial charge on any atom is 0.347 e. The van der Waals surface area contributed by atoms with E-state index in [1.54, 1.807) is 6.92 Å². The third kappa shape index (κ3) is 2.83. The summed E-state index contributed by atoms with van der Waals surface area (Å²) in [5.41, 5.74) is -1.24. The number of carboxylic acid groups (broad SMARTS) is 1. The van der Waals surface area contributed by atoms with Gasteiger partial charge in [-0.15, -0.1) is 0 Å². The number of hydrogen-bond donors (Lipinski definition) is 1. The van der Waals surface area contributed by atoms with Crippen LogP contribution in [0, 0.1) is 0 Å². The Bertz CT molecular complexity index is 369. The summed E-state index contributed by atoms with van der Waals surface area (Å²) in [7, 11) is 0. The van der Waals surface area contributed by atoms with E-state index >= 15 is 0 Å². The van der Waals surface area contributed by atoms with Crippen molar-refractivity contribution in [2.75, 3.05) is 0 Å². The van der Waals surface area contributed by atoms with Gasteiger partial charge in [0.05, 0.1) is 11.2 Å². The molecule has 0 aromatic carbocycles. The first kappa shape index (κ1) is 11.8. The zero-order valence-corrected chi connectivity index (χ0v) is 9.28. The molecular formula is C10H12ClNO3. The summed E-state index contributed by atoms with van der Waals surface area (Å²) in [5.74, 6) is -0.653. The van der Waals surface area contributed by atoms with Gasteiger partial charge in [0.1, 0.15) is 5.75 Å². The average molecular weight is 230 g/mol. The van der Waals surface area contributed by atoms with Crippen LogP contribution >= 0.6 is 11.6 Å². The molecule has 0 saturated carbocycles. The average Bonchev–Trinajstić information content (AvgIpc) is 2.17. The van der Waals surface area contributed by atoms with E-state index in [1.807, 2.05) is 0 Å². The van der Waals surface area contributed by atoms with Crippen molar-refractivity contribution in [3.05, 3.63) is 23.5 Å². The fraction of sp³-hybridized carbons (Fsp3) is 0.400. The fourth-order valence-corrected chi connectivity index (χ4v) is 1.14. The zero-order valence-electron chi connectivity index (χ0n) is 8.53. The molecule has 0 aliphatic carbocycles. The van der Waals surface area contributed by atoms with E-state index in [0.717, 1.165) is 0 Å². The van der Waals surface area contributed by atoms with E-state index in [1.165, 1.54) is 25.4 Å². The summed E-state index contributed by atoms with van der Waals surface area (Å²) in [6.45, 7) is 3.25. The third-order valence-corrected chi connectivity index (χ3v) is 2.36. The minimum absolute atomic E-state index is 0.356. The van der Waals surface area contributed by atoms with Gasteiger partial charge in [0.25, 0.3) is 0 Å². The Morgan fingerprint density at radius 2 is 2.33 bits per heavy atom. The monoisotopic (exact) mass is 229 g/mol. The maximum absolute atomic E-state index is 11.0. The number of hydrogen-bond acceptors (Lipinski definition) is 3. The molecule has 0 spiro atoms. The highest BCUT2D eigenvalue weighted by Crippen LogP contribution is 2.23. The van der Waals surface area contributed by atoms with Crippen LogP contribution in [0.2, 0.25) is 5.02 Å². The molecule has 1 unspecified atom stereocenters. The van der Waals surface area contributed by atoms with Crippen LogP contribution in [0.1, 0.15) is 20.3 Å². The molecule has 0 aliphatic rings. The SMILES string of the molecule is CCC(C)(Oc1cncc(Cl)c1)C(=O)O. The second kappa shape index (κ2) is 4.49. The molecule has 15 heavy (non-hydrogen) atoms. The molecule has 0 bridgehead atoms. The van der Waals surface area contributed by atoms with Crippen molar-refractivity contribution in [3.63, 3.8) is 0 Å². The van der Waals surface area contributed by atoms with E-state index in [2.05, 4.69) is 4.98 Å². The van der Waals surface area contributed by atoms with Crippen molar-refractivity contribution in [1.82, 2.24) is 4.98 Å². The number of carboxylic acids is 1. The van der Waals surface area contributed by atoms with Gasteiger partial charge in [0.2, 0.25) is 5.60 Å². The standard InChI is InChI=1S/C10H12ClNO3/c1-3-10(2,9(13)14)15-8-4-7(11)5-12-6-8/h4-6H,3H2,1-2H3,(H,13,14). The second-order valence-corrected chi connectivity index (χ2v) is 3.77. The summed E-state index contributed by atoms with van der Waals surface area (Å²) in [6.07, 6.45) is 3.25. The van der Waals surface area contributed by atoms with E-state index in [4.69, 9.17) is 21.4 Å². The third-order valence-electron chi connectivity index (χ3n) is 2.15. The molecule has 0 saturated heterocycles. The minimum atomic E-state index is -1.24. The normalized spacial score (nSPS) is 14.3. The molecule has 1 N–H and O–H groups in total. The molecule has 4 nitrogen and oxygen atoms in total. The van der Waals surface area contributed by atoms with E-state index < -0.39 is 11.6 Å². The molecule has 5 heteroatoms. The molecule has 1 aromatic heterocycles. The first-order valence-corrected chi connectivity index (χ1v) is 4.88. The van der Waals surface area contributed by atoms with Crippen LogP contribution in [-0.2, 0) is 4.79 Å². The molecule has 0 radical (unpaired) electrons. The van der Waals surface area contributed by atoms with Gasteiger partial charge >= 0.3 is 5.97 Å². The minimum Gasteiger partial charge on any atom is -0.478 e. The fourth-order valence-electron chi connectivity index (χ4n) is 0.975. The summed E-state index contributed by atoms with van der Waals surface area (Å²) in [6, 6.07) is 1.53. The lowest BCUT2D eigenvalue weighted by Crippen LogP contribution is -2.40. The molecule has 1 heterocycles. The van der Waals surface area contributed by atoms with Crippen molar-refractivity contribution < 1.29 is 14.6 Å². The molecule has 1 rings (SSSR count). The van der Waals surface area contributed by atoms with Crippen LogP contribution in [-0.4, -0.2) is 21.7 Å². The molecule has 0 amide bonds. The Labute approximate surface area is 92.8 Å². The van der Waals surface area contributed by atoms with Crippen LogP contribution in [0.25, 0.3) is 0 Å². The lowest BCUT2D eigenvalue weighted by Gasteiger charge is -2.24. The van der Waals surface area contributed by atoms with Crippen LogP contribution in [0.3, 0.4) is 0 Å². The largest absolute Gasteiger partial charge is 0.478 e. The van der Waals surface area contributed by atoms with Crippen molar-refractivity contribution >= 4 is 17.6 Å². The van der Waals surface area contributed by atoms with Crippen molar-refractivity contribution in [3.8, 4) is 5.75 Å². The Kier molecular flexibility index (Phi) is 3.52. The number of halogens is 1. The van der Waals surface area contributed by atoms with Gasteiger partial charge in [-0.05, 0) is 13.3 Å². The lowest BCUT2D eigenvalue weighted by molar-refractivity contribution is -0.154. The van der Waals surface area contributed by atoms with Gasteiger partial charge in [-0.3, -0.25) is 4.98 Å². The highest BCUT2D eigenvalue weighted by Gasteiger charge is 2.33. The van der Waals surface area contributed by atoms with Gasteiger partial charge in [-0.1, -0.05) is 18.5 Å². The van der Waals surface area contributed by atoms with Gasteiger partial charge in [0, 0.05) is 12.3 Å². The van der Waals surface area contributed by atoms with Gasteiger partial charge in [-0.25, -0.2) is 4.79 Å². The number of aromatic nitrogens is 1. The Hall–Kier alpha value is -1.29. The van der Waals surface area contributed by atoms with Crippen LogP contribution < -0.4 is 4.74 Å². The van der Waals surface area contributed by atoms with E-state index in [0.29, 0.717) is 17.2 Å². The summed E-state index contributed by atoms with van der Waals surface area (Å²) in [5, 5.41) is 9.40. The zero-order chi connectivity index (χ0) is 11.5.